The number of aryl methyl sites for hydroxylation is 1. The van der Waals surface area contributed by atoms with Crippen LogP contribution in [0.15, 0.2) is 66.4 Å². The number of fused-ring (bicyclic) bond motifs is 1. The maximum atomic E-state index is 13.0. The van der Waals surface area contributed by atoms with E-state index in [9.17, 15) is 9.59 Å². The fraction of sp³-hybridized carbons (Fsp3) is 0.154. The molecule has 0 spiro atoms. The minimum atomic E-state index is -0.960. The molecule has 33 heavy (non-hydrogen) atoms. The average molecular weight is 465 g/mol. The number of methoxy groups -OCH3 is 2. The lowest BCUT2D eigenvalue weighted by Gasteiger charge is -2.11. The quantitative estimate of drug-likeness (QED) is 0.207. The number of hydrogen-bond acceptors (Lipinski definition) is 6. The molecule has 4 rings (SSSR count). The zero-order valence-electron chi connectivity index (χ0n) is 18.3. The number of esters is 1. The highest BCUT2D eigenvalue weighted by Gasteiger charge is 2.31. The number of Topliss-reactive ketones (excluding diaryl/α,β-unsaturated/α-hetero) is 1. The zero-order valence-corrected chi connectivity index (χ0v) is 19.0. The number of benzene rings is 3. The summed E-state index contributed by atoms with van der Waals surface area (Å²) in [6.07, 6.45) is 1.60. The lowest BCUT2D eigenvalue weighted by Crippen LogP contribution is -2.14. The molecular weight excluding hydrogens is 444 g/mol. The van der Waals surface area contributed by atoms with Crippen molar-refractivity contribution >= 4 is 29.4 Å². The van der Waals surface area contributed by atoms with Crippen molar-refractivity contribution in [2.75, 3.05) is 14.2 Å². The van der Waals surface area contributed by atoms with Gasteiger partial charge in [-0.2, -0.15) is 0 Å². The summed E-state index contributed by atoms with van der Waals surface area (Å²) in [6, 6.07) is 17.4. The van der Waals surface area contributed by atoms with Crippen LogP contribution < -0.4 is 18.9 Å². The van der Waals surface area contributed by atoms with Gasteiger partial charge < -0.3 is 18.9 Å². The molecule has 0 saturated carbocycles. The van der Waals surface area contributed by atoms with E-state index in [1.54, 1.807) is 61.5 Å². The maximum absolute atomic E-state index is 13.0. The van der Waals surface area contributed by atoms with Crippen LogP contribution in [0, 0.1) is 6.92 Å². The number of halogens is 1. The standard InChI is InChI=1S/C26H21ClO6/c1-15-12-18(32-26(29)23(27)16-8-5-4-6-9-16)14-20-22(15)24(28)21(33-20)13-17-10-7-11-19(30-2)25(17)31-3/h4-14,23H,1-3H3/b21-13-. The number of carbonyl (C=O) groups excluding carboxylic acids is 2. The SMILES string of the molecule is COc1cccc(/C=C2\Oc3cc(OC(=O)C(Cl)c4ccccc4)cc(C)c3C2=O)c1OC. The topological polar surface area (TPSA) is 71.1 Å². The molecule has 1 aliphatic heterocycles. The molecule has 1 unspecified atom stereocenters. The molecule has 1 aliphatic rings. The average Bonchev–Trinajstić information content (AvgIpc) is 3.14. The van der Waals surface area contributed by atoms with Crippen molar-refractivity contribution in [2.24, 2.45) is 0 Å². The Hall–Kier alpha value is -3.77. The van der Waals surface area contributed by atoms with Crippen molar-refractivity contribution in [3.05, 3.63) is 88.7 Å². The Morgan fingerprint density at radius 3 is 2.48 bits per heavy atom. The van der Waals surface area contributed by atoms with Gasteiger partial charge in [-0.15, -0.1) is 11.6 Å². The predicted molar refractivity (Wildman–Crippen MR) is 124 cm³/mol. The van der Waals surface area contributed by atoms with Gasteiger partial charge in [0.2, 0.25) is 5.78 Å². The molecule has 0 aliphatic carbocycles. The Balaban J connectivity index is 1.60. The highest BCUT2D eigenvalue weighted by atomic mass is 35.5. The van der Waals surface area contributed by atoms with Gasteiger partial charge in [0.05, 0.1) is 19.8 Å². The van der Waals surface area contributed by atoms with Gasteiger partial charge >= 0.3 is 5.97 Å². The second-order valence-electron chi connectivity index (χ2n) is 7.33. The number of ketones is 1. The van der Waals surface area contributed by atoms with Gasteiger partial charge in [0.15, 0.2) is 22.6 Å². The zero-order chi connectivity index (χ0) is 23.5. The Morgan fingerprint density at radius 2 is 1.79 bits per heavy atom. The number of ether oxygens (including phenoxy) is 4. The summed E-state index contributed by atoms with van der Waals surface area (Å²) >= 11 is 6.26. The van der Waals surface area contributed by atoms with E-state index in [0.29, 0.717) is 39.5 Å². The molecule has 0 N–H and O–H groups in total. The van der Waals surface area contributed by atoms with Crippen LogP contribution in [-0.2, 0) is 4.79 Å². The number of alkyl halides is 1. The van der Waals surface area contributed by atoms with Gasteiger partial charge in [0.1, 0.15) is 11.5 Å². The monoisotopic (exact) mass is 464 g/mol. The summed E-state index contributed by atoms with van der Waals surface area (Å²) in [5.74, 6) is 0.804. The first-order chi connectivity index (χ1) is 15.9. The second-order valence-corrected chi connectivity index (χ2v) is 7.77. The van der Waals surface area contributed by atoms with Crippen molar-refractivity contribution in [3.8, 4) is 23.0 Å². The van der Waals surface area contributed by atoms with Crippen molar-refractivity contribution in [1.82, 2.24) is 0 Å². The molecule has 3 aromatic carbocycles. The minimum absolute atomic E-state index is 0.127. The molecule has 3 aromatic rings. The first-order valence-corrected chi connectivity index (χ1v) is 10.6. The van der Waals surface area contributed by atoms with E-state index in [1.807, 2.05) is 6.07 Å². The summed E-state index contributed by atoms with van der Waals surface area (Å²) in [5, 5.41) is -0.960. The van der Waals surface area contributed by atoms with Crippen LogP contribution in [-0.4, -0.2) is 26.0 Å². The summed E-state index contributed by atoms with van der Waals surface area (Å²) < 4.78 is 22.1. The lowest BCUT2D eigenvalue weighted by atomic mass is 10.0. The van der Waals surface area contributed by atoms with Gasteiger partial charge in [-0.3, -0.25) is 4.79 Å². The smallest absolute Gasteiger partial charge is 0.334 e. The lowest BCUT2D eigenvalue weighted by molar-refractivity contribution is -0.134. The summed E-state index contributed by atoms with van der Waals surface area (Å²) in [4.78, 5) is 25.5. The van der Waals surface area contributed by atoms with Crippen molar-refractivity contribution in [1.29, 1.82) is 0 Å². The molecule has 0 amide bonds. The number of allylic oxidation sites excluding steroid dienone is 1. The molecule has 0 radical (unpaired) electrons. The molecule has 0 bridgehead atoms. The molecule has 168 valence electrons. The number of para-hydroxylation sites is 1. The van der Waals surface area contributed by atoms with Crippen LogP contribution in [0.5, 0.6) is 23.0 Å². The maximum Gasteiger partial charge on any atom is 0.334 e. The summed E-state index contributed by atoms with van der Waals surface area (Å²) in [7, 11) is 3.06. The number of rotatable bonds is 6. The van der Waals surface area contributed by atoms with Gasteiger partial charge in [-0.1, -0.05) is 42.5 Å². The molecule has 0 saturated heterocycles. The van der Waals surface area contributed by atoms with Crippen LogP contribution >= 0.6 is 11.6 Å². The Morgan fingerprint density at radius 1 is 1.03 bits per heavy atom. The molecular formula is C26H21ClO6. The Labute approximate surface area is 196 Å². The first-order valence-electron chi connectivity index (χ1n) is 10.1. The van der Waals surface area contributed by atoms with Crippen molar-refractivity contribution in [3.63, 3.8) is 0 Å². The molecule has 0 fully saturated rings. The van der Waals surface area contributed by atoms with E-state index in [2.05, 4.69) is 0 Å². The van der Waals surface area contributed by atoms with E-state index >= 15 is 0 Å². The minimum Gasteiger partial charge on any atom is -0.493 e. The molecule has 1 atom stereocenters. The second kappa shape index (κ2) is 9.38. The van der Waals surface area contributed by atoms with Gasteiger partial charge in [0, 0.05) is 11.6 Å². The molecule has 0 aromatic heterocycles. The Bertz CT molecular complexity index is 1250. The largest absolute Gasteiger partial charge is 0.493 e. The molecule has 6 nitrogen and oxygen atoms in total. The van der Waals surface area contributed by atoms with E-state index in [1.165, 1.54) is 20.3 Å². The normalized spacial score (nSPS) is 14.4. The fourth-order valence-electron chi connectivity index (χ4n) is 3.63. The van der Waals surface area contributed by atoms with E-state index < -0.39 is 11.3 Å². The van der Waals surface area contributed by atoms with Crippen LogP contribution in [0.25, 0.3) is 6.08 Å². The number of carbonyl (C=O) groups is 2. The van der Waals surface area contributed by atoms with Crippen LogP contribution in [0.3, 0.4) is 0 Å². The molecule has 7 heteroatoms. The molecule has 1 heterocycles. The highest BCUT2D eigenvalue weighted by Crippen LogP contribution is 2.39. The van der Waals surface area contributed by atoms with Crippen LogP contribution in [0.1, 0.15) is 32.4 Å². The predicted octanol–water partition coefficient (Wildman–Crippen LogP) is 5.51. The van der Waals surface area contributed by atoms with Crippen molar-refractivity contribution in [2.45, 2.75) is 12.3 Å². The van der Waals surface area contributed by atoms with Gasteiger partial charge in [-0.05, 0) is 36.3 Å². The summed E-state index contributed by atoms with van der Waals surface area (Å²) in [5.41, 5.74) is 2.29. The highest BCUT2D eigenvalue weighted by molar-refractivity contribution is 6.30. The van der Waals surface area contributed by atoms with E-state index in [-0.39, 0.29) is 17.3 Å². The summed E-state index contributed by atoms with van der Waals surface area (Å²) in [6.45, 7) is 1.75. The number of hydrogen-bond donors (Lipinski definition) is 0. The van der Waals surface area contributed by atoms with Crippen LogP contribution in [0.4, 0.5) is 0 Å². The third-order valence-corrected chi connectivity index (χ3v) is 5.61. The van der Waals surface area contributed by atoms with E-state index in [0.717, 1.165) is 0 Å². The van der Waals surface area contributed by atoms with E-state index in [4.69, 9.17) is 30.5 Å². The Kier molecular flexibility index (Phi) is 6.38. The van der Waals surface area contributed by atoms with Crippen molar-refractivity contribution < 1.29 is 28.5 Å². The fourth-order valence-corrected chi connectivity index (χ4v) is 3.82. The van der Waals surface area contributed by atoms with Crippen LogP contribution in [0.2, 0.25) is 0 Å². The third-order valence-electron chi connectivity index (χ3n) is 5.18. The third kappa shape index (κ3) is 4.43. The van der Waals surface area contributed by atoms with Gasteiger partial charge in [0.25, 0.3) is 0 Å². The first kappa shape index (κ1) is 22.4. The van der Waals surface area contributed by atoms with Gasteiger partial charge in [-0.25, -0.2) is 4.79 Å².